The summed E-state index contributed by atoms with van der Waals surface area (Å²) in [5, 5.41) is 1.85. The Labute approximate surface area is 103 Å². The number of fused-ring (bicyclic) bond motifs is 1. The third-order valence-electron chi connectivity index (χ3n) is 1.99. The van der Waals surface area contributed by atoms with Gasteiger partial charge in [0, 0.05) is 8.96 Å². The summed E-state index contributed by atoms with van der Waals surface area (Å²) >= 11 is -0.0671. The smallest absolute Gasteiger partial charge is 0.357 e. The van der Waals surface area contributed by atoms with Crippen LogP contribution in [0.15, 0.2) is 36.4 Å². The summed E-state index contributed by atoms with van der Waals surface area (Å²) in [5.41, 5.74) is 0. The van der Waals surface area contributed by atoms with Crippen LogP contribution >= 0.6 is 22.6 Å². The molecule has 5 heteroatoms. The second-order valence-electron chi connectivity index (χ2n) is 2.89. The van der Waals surface area contributed by atoms with Gasteiger partial charge in [0.15, 0.2) is 0 Å². The first-order valence-corrected chi connectivity index (χ1v) is 6.26. The molecule has 1 N–H and O–H groups in total. The molecule has 0 aliphatic rings. The molecule has 3 nitrogen and oxygen atoms in total. The zero-order chi connectivity index (χ0) is 10.8. The molecular formula is C10H7IO3S. The van der Waals surface area contributed by atoms with Gasteiger partial charge in [-0.1, -0.05) is 24.3 Å². The summed E-state index contributed by atoms with van der Waals surface area (Å²) in [6.07, 6.45) is 0. The third kappa shape index (κ3) is 2.30. The maximum absolute atomic E-state index is 10.6. The molecule has 0 aliphatic carbocycles. The minimum atomic E-state index is -2.28. The molecule has 78 valence electrons. The van der Waals surface area contributed by atoms with Crippen molar-refractivity contribution in [2.45, 2.75) is 0 Å². The molecule has 0 heterocycles. The molecule has 0 saturated heterocycles. The zero-order valence-corrected chi connectivity index (χ0v) is 10.5. The van der Waals surface area contributed by atoms with E-state index in [9.17, 15) is 4.21 Å². The van der Waals surface area contributed by atoms with Crippen LogP contribution in [-0.4, -0.2) is 8.76 Å². The summed E-state index contributed by atoms with van der Waals surface area (Å²) < 4.78 is 25.2. The lowest BCUT2D eigenvalue weighted by atomic mass is 10.1. The van der Waals surface area contributed by atoms with Gasteiger partial charge in [0.1, 0.15) is 5.75 Å². The highest BCUT2D eigenvalue weighted by Gasteiger charge is 2.06. The number of rotatable bonds is 2. The van der Waals surface area contributed by atoms with E-state index in [0.717, 1.165) is 14.3 Å². The van der Waals surface area contributed by atoms with E-state index in [1.165, 1.54) is 0 Å². The van der Waals surface area contributed by atoms with E-state index in [-0.39, 0.29) is 0 Å². The maximum atomic E-state index is 10.6. The van der Waals surface area contributed by atoms with E-state index >= 15 is 0 Å². The third-order valence-corrected chi connectivity index (χ3v) is 3.25. The van der Waals surface area contributed by atoms with Crippen molar-refractivity contribution in [3.63, 3.8) is 0 Å². The van der Waals surface area contributed by atoms with Crippen LogP contribution in [0.2, 0.25) is 0 Å². The first kappa shape index (κ1) is 10.8. The van der Waals surface area contributed by atoms with Gasteiger partial charge in [-0.05, 0) is 40.1 Å². The Kier molecular flexibility index (Phi) is 3.22. The zero-order valence-electron chi connectivity index (χ0n) is 7.51. The lowest BCUT2D eigenvalue weighted by Gasteiger charge is -2.05. The first-order chi connectivity index (χ1) is 7.18. The molecule has 2 aromatic rings. The Bertz CT molecular complexity index is 527. The average Bonchev–Trinajstić information content (AvgIpc) is 2.19. The molecular weight excluding hydrogens is 327 g/mol. The Balaban J connectivity index is 2.65. The minimum Gasteiger partial charge on any atom is -0.379 e. The van der Waals surface area contributed by atoms with Crippen molar-refractivity contribution < 1.29 is 12.9 Å². The van der Waals surface area contributed by atoms with Crippen LogP contribution in [0.25, 0.3) is 10.8 Å². The SMILES string of the molecule is O=S(O)Oc1cccc2c(I)cccc12. The van der Waals surface area contributed by atoms with Crippen molar-refractivity contribution in [2.24, 2.45) is 0 Å². The molecule has 0 radical (unpaired) electrons. The molecule has 0 aliphatic heterocycles. The number of halogens is 1. The van der Waals surface area contributed by atoms with Crippen molar-refractivity contribution in [3.05, 3.63) is 40.0 Å². The quantitative estimate of drug-likeness (QED) is 0.679. The Hall–Kier alpha value is -0.660. The first-order valence-electron chi connectivity index (χ1n) is 4.15. The van der Waals surface area contributed by atoms with E-state index in [2.05, 4.69) is 22.6 Å². The van der Waals surface area contributed by atoms with Gasteiger partial charge < -0.3 is 4.18 Å². The molecule has 1 unspecified atom stereocenters. The monoisotopic (exact) mass is 334 g/mol. The van der Waals surface area contributed by atoms with Gasteiger partial charge in [0.05, 0.1) is 0 Å². The van der Waals surface area contributed by atoms with Crippen LogP contribution in [0.1, 0.15) is 0 Å². The standard InChI is InChI=1S/C10H7IO3S/c11-9-5-1-4-8-7(9)3-2-6-10(8)14-15(12)13/h1-6H,(H,12,13). The molecule has 0 spiro atoms. The second-order valence-corrected chi connectivity index (χ2v) is 4.65. The van der Waals surface area contributed by atoms with Crippen molar-refractivity contribution in [2.75, 3.05) is 0 Å². The summed E-state index contributed by atoms with van der Waals surface area (Å²) in [7, 11) is 0. The van der Waals surface area contributed by atoms with E-state index in [1.807, 2.05) is 24.3 Å². The summed E-state index contributed by atoms with van der Waals surface area (Å²) in [5.74, 6) is 0.423. The average molecular weight is 334 g/mol. The highest BCUT2D eigenvalue weighted by Crippen LogP contribution is 2.28. The van der Waals surface area contributed by atoms with Crippen molar-refractivity contribution in [1.29, 1.82) is 0 Å². The molecule has 2 rings (SSSR count). The van der Waals surface area contributed by atoms with Gasteiger partial charge in [-0.2, -0.15) is 4.21 Å². The molecule has 0 bridgehead atoms. The number of benzene rings is 2. The highest BCUT2D eigenvalue weighted by atomic mass is 127. The molecule has 0 amide bonds. The lowest BCUT2D eigenvalue weighted by molar-refractivity contribution is 0.460. The maximum Gasteiger partial charge on any atom is 0.357 e. The topological polar surface area (TPSA) is 46.5 Å². The molecule has 2 aromatic carbocycles. The largest absolute Gasteiger partial charge is 0.379 e. The molecule has 1 atom stereocenters. The summed E-state index contributed by atoms with van der Waals surface area (Å²) in [6, 6.07) is 11.1. The molecule has 15 heavy (non-hydrogen) atoms. The second kappa shape index (κ2) is 4.46. The lowest BCUT2D eigenvalue weighted by Crippen LogP contribution is -1.97. The van der Waals surface area contributed by atoms with Gasteiger partial charge in [-0.3, -0.25) is 4.55 Å². The van der Waals surface area contributed by atoms with Gasteiger partial charge in [-0.15, -0.1) is 0 Å². The van der Waals surface area contributed by atoms with E-state index in [0.29, 0.717) is 5.75 Å². The predicted octanol–water partition coefficient (Wildman–Crippen LogP) is 2.96. The Morgan fingerprint density at radius 2 is 1.80 bits per heavy atom. The Morgan fingerprint density at radius 1 is 1.13 bits per heavy atom. The van der Waals surface area contributed by atoms with Gasteiger partial charge in [0.25, 0.3) is 0 Å². The van der Waals surface area contributed by atoms with Crippen LogP contribution in [0.3, 0.4) is 0 Å². The highest BCUT2D eigenvalue weighted by molar-refractivity contribution is 14.1. The minimum absolute atomic E-state index is 0.423. The van der Waals surface area contributed by atoms with Gasteiger partial charge in [-0.25, -0.2) is 0 Å². The van der Waals surface area contributed by atoms with Crippen LogP contribution in [0.4, 0.5) is 0 Å². The van der Waals surface area contributed by atoms with Crippen molar-refractivity contribution >= 4 is 44.7 Å². The fourth-order valence-electron chi connectivity index (χ4n) is 1.39. The molecule has 0 saturated carbocycles. The molecule has 0 fully saturated rings. The summed E-state index contributed by atoms with van der Waals surface area (Å²) in [4.78, 5) is 0. The van der Waals surface area contributed by atoms with Crippen LogP contribution < -0.4 is 4.18 Å². The number of hydrogen-bond donors (Lipinski definition) is 1. The van der Waals surface area contributed by atoms with E-state index in [4.69, 9.17) is 8.74 Å². The number of hydrogen-bond acceptors (Lipinski definition) is 2. The van der Waals surface area contributed by atoms with E-state index in [1.54, 1.807) is 12.1 Å². The summed E-state index contributed by atoms with van der Waals surface area (Å²) in [6.45, 7) is 0. The predicted molar refractivity (Wildman–Crippen MR) is 68.1 cm³/mol. The van der Waals surface area contributed by atoms with Crippen LogP contribution in [0, 0.1) is 3.57 Å². The Morgan fingerprint density at radius 3 is 2.53 bits per heavy atom. The van der Waals surface area contributed by atoms with Crippen molar-refractivity contribution in [1.82, 2.24) is 0 Å². The fraction of sp³-hybridized carbons (Fsp3) is 0. The van der Waals surface area contributed by atoms with Gasteiger partial charge in [0.2, 0.25) is 0 Å². The van der Waals surface area contributed by atoms with Gasteiger partial charge >= 0.3 is 11.4 Å². The van der Waals surface area contributed by atoms with Crippen molar-refractivity contribution in [3.8, 4) is 5.75 Å². The van der Waals surface area contributed by atoms with Crippen LogP contribution in [0.5, 0.6) is 5.75 Å². The van der Waals surface area contributed by atoms with Crippen LogP contribution in [-0.2, 0) is 11.4 Å². The molecule has 0 aromatic heterocycles. The van der Waals surface area contributed by atoms with E-state index < -0.39 is 11.4 Å². The normalized spacial score (nSPS) is 12.7. The fourth-order valence-corrected chi connectivity index (χ4v) is 2.37.